The molecule has 0 radical (unpaired) electrons. The summed E-state index contributed by atoms with van der Waals surface area (Å²) in [5.74, 6) is 1.34. The van der Waals surface area contributed by atoms with E-state index < -0.39 is 0 Å². The van der Waals surface area contributed by atoms with E-state index >= 15 is 0 Å². The Balaban J connectivity index is 1.32. The molecule has 1 fully saturated rings. The standard InChI is InChI=1S/C21H22N4O2S/c26-20(16-24-11-13-25(14-12-24)21-22-10-15-28-21)23-18-8-4-5-9-19(18)27-17-6-2-1-3-7-17/h1-10,15H,11-14,16H2,(H,23,26). The Morgan fingerprint density at radius 3 is 2.54 bits per heavy atom. The van der Waals surface area contributed by atoms with Gasteiger partial charge in [0.05, 0.1) is 12.2 Å². The number of hydrogen-bond acceptors (Lipinski definition) is 6. The Morgan fingerprint density at radius 1 is 1.04 bits per heavy atom. The van der Waals surface area contributed by atoms with Crippen LogP contribution in [0, 0.1) is 0 Å². The molecule has 28 heavy (non-hydrogen) atoms. The van der Waals surface area contributed by atoms with Gasteiger partial charge >= 0.3 is 0 Å². The lowest BCUT2D eigenvalue weighted by molar-refractivity contribution is -0.117. The van der Waals surface area contributed by atoms with Gasteiger partial charge in [-0.15, -0.1) is 11.3 Å². The number of piperazine rings is 1. The van der Waals surface area contributed by atoms with Crippen LogP contribution in [0.2, 0.25) is 0 Å². The van der Waals surface area contributed by atoms with Crippen LogP contribution in [0.4, 0.5) is 10.8 Å². The molecule has 1 aliphatic heterocycles. The van der Waals surface area contributed by atoms with E-state index in [-0.39, 0.29) is 5.91 Å². The third-order valence-corrected chi connectivity index (χ3v) is 5.39. The van der Waals surface area contributed by atoms with Gasteiger partial charge in [0, 0.05) is 37.8 Å². The Hall–Kier alpha value is -2.90. The molecule has 4 rings (SSSR count). The molecule has 0 bridgehead atoms. The zero-order chi connectivity index (χ0) is 19.2. The largest absolute Gasteiger partial charge is 0.455 e. The molecule has 144 valence electrons. The second-order valence-corrected chi connectivity index (χ2v) is 7.41. The van der Waals surface area contributed by atoms with Gasteiger partial charge in [0.1, 0.15) is 5.75 Å². The highest BCUT2D eigenvalue weighted by molar-refractivity contribution is 7.13. The predicted octanol–water partition coefficient (Wildman–Crippen LogP) is 3.70. The fourth-order valence-electron chi connectivity index (χ4n) is 3.14. The van der Waals surface area contributed by atoms with Crippen LogP contribution >= 0.6 is 11.3 Å². The monoisotopic (exact) mass is 394 g/mol. The zero-order valence-corrected chi connectivity index (χ0v) is 16.3. The highest BCUT2D eigenvalue weighted by Crippen LogP contribution is 2.29. The summed E-state index contributed by atoms with van der Waals surface area (Å²) in [6, 6.07) is 17.1. The average Bonchev–Trinajstić information content (AvgIpc) is 3.26. The van der Waals surface area contributed by atoms with Crippen molar-refractivity contribution in [3.63, 3.8) is 0 Å². The average molecular weight is 395 g/mol. The molecule has 0 unspecified atom stereocenters. The van der Waals surface area contributed by atoms with Crippen molar-refractivity contribution in [3.8, 4) is 11.5 Å². The van der Waals surface area contributed by atoms with Crippen LogP contribution in [0.5, 0.6) is 11.5 Å². The number of nitrogens with zero attached hydrogens (tertiary/aromatic N) is 3. The lowest BCUT2D eigenvalue weighted by Gasteiger charge is -2.34. The van der Waals surface area contributed by atoms with Crippen molar-refractivity contribution in [2.75, 3.05) is 42.9 Å². The third-order valence-electron chi connectivity index (χ3n) is 4.56. The number of carbonyl (C=O) groups is 1. The minimum absolute atomic E-state index is 0.0354. The quantitative estimate of drug-likeness (QED) is 0.691. The maximum absolute atomic E-state index is 12.6. The second-order valence-electron chi connectivity index (χ2n) is 6.54. The zero-order valence-electron chi connectivity index (χ0n) is 15.5. The summed E-state index contributed by atoms with van der Waals surface area (Å²) < 4.78 is 5.91. The molecule has 1 amide bonds. The first-order chi connectivity index (χ1) is 13.8. The molecule has 0 atom stereocenters. The van der Waals surface area contributed by atoms with Crippen molar-refractivity contribution in [3.05, 3.63) is 66.2 Å². The molecule has 0 aliphatic carbocycles. The molecule has 1 saturated heterocycles. The van der Waals surface area contributed by atoms with E-state index in [0.29, 0.717) is 18.0 Å². The molecule has 0 saturated carbocycles. The number of amides is 1. The number of hydrogen-bond donors (Lipinski definition) is 1. The number of ether oxygens (including phenoxy) is 1. The van der Waals surface area contributed by atoms with Gasteiger partial charge in [-0.2, -0.15) is 0 Å². The fraction of sp³-hybridized carbons (Fsp3) is 0.238. The minimum atomic E-state index is -0.0354. The summed E-state index contributed by atoms with van der Waals surface area (Å²) in [5, 5.41) is 6.03. The molecular weight excluding hydrogens is 372 g/mol. The van der Waals surface area contributed by atoms with Gasteiger partial charge in [0.15, 0.2) is 10.9 Å². The highest BCUT2D eigenvalue weighted by Gasteiger charge is 2.20. The number of anilines is 2. The lowest BCUT2D eigenvalue weighted by Crippen LogP contribution is -2.48. The SMILES string of the molecule is O=C(CN1CCN(c2nccs2)CC1)Nc1ccccc1Oc1ccccc1. The van der Waals surface area contributed by atoms with E-state index in [2.05, 4.69) is 20.1 Å². The van der Waals surface area contributed by atoms with Crippen LogP contribution in [0.1, 0.15) is 0 Å². The first kappa shape index (κ1) is 18.5. The van der Waals surface area contributed by atoms with E-state index in [4.69, 9.17) is 4.74 Å². The molecule has 1 aromatic heterocycles. The normalized spacial score (nSPS) is 14.6. The molecule has 0 spiro atoms. The third kappa shape index (κ3) is 4.68. The first-order valence-corrected chi connectivity index (χ1v) is 10.1. The number of nitrogens with one attached hydrogen (secondary N) is 1. The Bertz CT molecular complexity index is 894. The van der Waals surface area contributed by atoms with E-state index in [1.165, 1.54) is 0 Å². The van der Waals surface area contributed by atoms with Gasteiger partial charge in [-0.25, -0.2) is 4.98 Å². The number of thiazole rings is 1. The predicted molar refractivity (Wildman–Crippen MR) is 112 cm³/mol. The van der Waals surface area contributed by atoms with E-state index in [1.54, 1.807) is 11.3 Å². The first-order valence-electron chi connectivity index (χ1n) is 9.26. The van der Waals surface area contributed by atoms with Gasteiger partial charge in [0.25, 0.3) is 0 Å². The van der Waals surface area contributed by atoms with E-state index in [9.17, 15) is 4.79 Å². The molecule has 3 aromatic rings. The Kier molecular flexibility index (Phi) is 5.84. The van der Waals surface area contributed by atoms with Crippen molar-refractivity contribution in [1.82, 2.24) is 9.88 Å². The summed E-state index contributed by atoms with van der Waals surface area (Å²) in [6.45, 7) is 3.82. The van der Waals surface area contributed by atoms with Crippen molar-refractivity contribution in [2.24, 2.45) is 0 Å². The summed E-state index contributed by atoms with van der Waals surface area (Å²) >= 11 is 1.65. The number of aromatic nitrogens is 1. The highest BCUT2D eigenvalue weighted by atomic mass is 32.1. The van der Waals surface area contributed by atoms with Crippen molar-refractivity contribution in [1.29, 1.82) is 0 Å². The van der Waals surface area contributed by atoms with Gasteiger partial charge in [-0.3, -0.25) is 9.69 Å². The molecular formula is C21H22N4O2S. The number of rotatable bonds is 6. The summed E-state index contributed by atoms with van der Waals surface area (Å²) in [5.41, 5.74) is 0.678. The van der Waals surface area contributed by atoms with Crippen molar-refractivity contribution < 1.29 is 9.53 Å². The summed E-state index contributed by atoms with van der Waals surface area (Å²) in [7, 11) is 0. The van der Waals surface area contributed by atoms with Crippen molar-refractivity contribution in [2.45, 2.75) is 0 Å². The number of para-hydroxylation sites is 3. The van der Waals surface area contributed by atoms with Crippen LogP contribution in [-0.2, 0) is 4.79 Å². The van der Waals surface area contributed by atoms with Crippen LogP contribution < -0.4 is 15.0 Å². The van der Waals surface area contributed by atoms with Crippen LogP contribution in [0.3, 0.4) is 0 Å². The van der Waals surface area contributed by atoms with Crippen LogP contribution in [0.25, 0.3) is 0 Å². The van der Waals surface area contributed by atoms with Gasteiger partial charge in [0.2, 0.25) is 5.91 Å². The van der Waals surface area contributed by atoms with Gasteiger partial charge < -0.3 is 15.0 Å². The summed E-state index contributed by atoms with van der Waals surface area (Å²) in [6.07, 6.45) is 1.83. The topological polar surface area (TPSA) is 57.7 Å². The lowest BCUT2D eigenvalue weighted by atomic mass is 10.2. The van der Waals surface area contributed by atoms with Crippen LogP contribution in [0.15, 0.2) is 66.2 Å². The van der Waals surface area contributed by atoms with Crippen LogP contribution in [-0.4, -0.2) is 48.5 Å². The second kappa shape index (κ2) is 8.86. The van der Waals surface area contributed by atoms with Gasteiger partial charge in [-0.05, 0) is 24.3 Å². The minimum Gasteiger partial charge on any atom is -0.455 e. The molecule has 1 aliphatic rings. The number of benzene rings is 2. The van der Waals surface area contributed by atoms with E-state index in [0.717, 1.165) is 37.1 Å². The van der Waals surface area contributed by atoms with Gasteiger partial charge in [-0.1, -0.05) is 30.3 Å². The fourth-order valence-corrected chi connectivity index (χ4v) is 3.83. The molecule has 2 heterocycles. The Labute approximate surface area is 168 Å². The molecule has 2 aromatic carbocycles. The Morgan fingerprint density at radius 2 is 1.79 bits per heavy atom. The number of carbonyl (C=O) groups excluding carboxylic acids is 1. The maximum Gasteiger partial charge on any atom is 0.238 e. The van der Waals surface area contributed by atoms with Crippen molar-refractivity contribution >= 4 is 28.1 Å². The maximum atomic E-state index is 12.6. The molecule has 7 heteroatoms. The smallest absolute Gasteiger partial charge is 0.238 e. The molecule has 6 nitrogen and oxygen atoms in total. The molecule has 1 N–H and O–H groups in total. The summed E-state index contributed by atoms with van der Waals surface area (Å²) in [4.78, 5) is 21.4. The van der Waals surface area contributed by atoms with E-state index in [1.807, 2.05) is 66.2 Å².